The summed E-state index contributed by atoms with van der Waals surface area (Å²) in [4.78, 5) is 25.6. The number of methoxy groups -OCH3 is 1. The number of rotatable bonds is 1. The van der Waals surface area contributed by atoms with Crippen LogP contribution in [0.3, 0.4) is 0 Å². The lowest BCUT2D eigenvalue weighted by Crippen LogP contribution is -2.56. The number of carbonyl (C=O) groups is 2. The zero-order valence-corrected chi connectivity index (χ0v) is 10.2. The van der Waals surface area contributed by atoms with Crippen LogP contribution in [0.5, 0.6) is 0 Å². The third-order valence-electron chi connectivity index (χ3n) is 3.84. The molecule has 0 aromatic rings. The van der Waals surface area contributed by atoms with Gasteiger partial charge in [-0.1, -0.05) is 0 Å². The fraction of sp³-hybridized carbons (Fsp3) is 0.833. The lowest BCUT2D eigenvalue weighted by Gasteiger charge is -2.40. The number of hydrogen-bond donors (Lipinski definition) is 1. The summed E-state index contributed by atoms with van der Waals surface area (Å²) < 4.78 is 4.79. The number of nitrogens with two attached hydrogens (primary N) is 1. The molecule has 5 heteroatoms. The van der Waals surface area contributed by atoms with Gasteiger partial charge in [-0.05, 0) is 38.5 Å². The lowest BCUT2D eigenvalue weighted by molar-refractivity contribution is -0.157. The topological polar surface area (TPSA) is 72.6 Å². The fourth-order valence-electron chi connectivity index (χ4n) is 2.95. The van der Waals surface area contributed by atoms with Gasteiger partial charge >= 0.3 is 5.97 Å². The highest BCUT2D eigenvalue weighted by molar-refractivity contribution is 5.88. The largest absolute Gasteiger partial charge is 0.467 e. The molecule has 0 aliphatic carbocycles. The van der Waals surface area contributed by atoms with Crippen LogP contribution in [-0.4, -0.2) is 42.0 Å². The van der Waals surface area contributed by atoms with E-state index in [-0.39, 0.29) is 17.9 Å². The summed E-state index contributed by atoms with van der Waals surface area (Å²) in [7, 11) is 1.37. The highest BCUT2D eigenvalue weighted by Gasteiger charge is 2.41. The number of nitrogens with zero attached hydrogens (tertiary/aromatic N) is 1. The van der Waals surface area contributed by atoms with Gasteiger partial charge in [-0.3, -0.25) is 4.79 Å². The maximum absolute atomic E-state index is 12.2. The number of ether oxygens (including phenoxy) is 1. The van der Waals surface area contributed by atoms with E-state index in [2.05, 4.69) is 0 Å². The average Bonchev–Trinajstić information content (AvgIpc) is 2.49. The molecule has 2 aliphatic heterocycles. The first-order valence-corrected chi connectivity index (χ1v) is 6.30. The second-order valence-electron chi connectivity index (χ2n) is 4.91. The summed E-state index contributed by atoms with van der Waals surface area (Å²) in [5.74, 6) is -0.389. The van der Waals surface area contributed by atoms with Crippen LogP contribution in [0.1, 0.15) is 38.5 Å². The molecule has 2 rings (SSSR count). The minimum absolute atomic E-state index is 0.0809. The SMILES string of the molecule is COC(=O)[C@@H]1CCC[C@@H]2CCC[C@H](N)C(=O)N21. The van der Waals surface area contributed by atoms with Gasteiger partial charge in [0, 0.05) is 6.04 Å². The maximum atomic E-state index is 12.2. The van der Waals surface area contributed by atoms with Crippen molar-refractivity contribution in [3.05, 3.63) is 0 Å². The van der Waals surface area contributed by atoms with Crippen molar-refractivity contribution in [3.8, 4) is 0 Å². The van der Waals surface area contributed by atoms with Crippen LogP contribution < -0.4 is 5.73 Å². The van der Waals surface area contributed by atoms with Crippen LogP contribution in [0.15, 0.2) is 0 Å². The molecule has 0 radical (unpaired) electrons. The van der Waals surface area contributed by atoms with E-state index in [4.69, 9.17) is 10.5 Å². The molecule has 2 saturated heterocycles. The van der Waals surface area contributed by atoms with Crippen molar-refractivity contribution in [2.24, 2.45) is 5.73 Å². The first-order valence-electron chi connectivity index (χ1n) is 6.30. The van der Waals surface area contributed by atoms with E-state index in [1.165, 1.54) is 7.11 Å². The molecule has 1 amide bonds. The van der Waals surface area contributed by atoms with Gasteiger partial charge in [0.2, 0.25) is 5.91 Å². The third kappa shape index (κ3) is 2.29. The molecule has 0 aromatic carbocycles. The van der Waals surface area contributed by atoms with E-state index in [0.29, 0.717) is 6.42 Å². The van der Waals surface area contributed by atoms with Gasteiger partial charge in [0.05, 0.1) is 13.2 Å². The van der Waals surface area contributed by atoms with Gasteiger partial charge in [0.25, 0.3) is 0 Å². The maximum Gasteiger partial charge on any atom is 0.328 e. The number of carbonyl (C=O) groups excluding carboxylic acids is 2. The van der Waals surface area contributed by atoms with Crippen LogP contribution in [0.4, 0.5) is 0 Å². The van der Waals surface area contributed by atoms with Crippen LogP contribution in [-0.2, 0) is 14.3 Å². The van der Waals surface area contributed by atoms with Crippen molar-refractivity contribution >= 4 is 11.9 Å². The fourth-order valence-corrected chi connectivity index (χ4v) is 2.95. The Morgan fingerprint density at radius 3 is 2.59 bits per heavy atom. The number of amides is 1. The highest BCUT2D eigenvalue weighted by atomic mass is 16.5. The van der Waals surface area contributed by atoms with Crippen molar-refractivity contribution in [2.75, 3.05) is 7.11 Å². The Labute approximate surface area is 101 Å². The van der Waals surface area contributed by atoms with Crippen molar-refractivity contribution in [1.82, 2.24) is 4.90 Å². The normalized spacial score (nSPS) is 33.9. The van der Waals surface area contributed by atoms with Gasteiger partial charge in [-0.2, -0.15) is 0 Å². The first-order chi connectivity index (χ1) is 8.15. The molecule has 3 atom stereocenters. The zero-order valence-electron chi connectivity index (χ0n) is 10.2. The Kier molecular flexibility index (Phi) is 3.66. The summed E-state index contributed by atoms with van der Waals surface area (Å²) in [5.41, 5.74) is 5.85. The van der Waals surface area contributed by atoms with E-state index in [9.17, 15) is 9.59 Å². The molecule has 2 aliphatic rings. The van der Waals surface area contributed by atoms with Crippen molar-refractivity contribution < 1.29 is 14.3 Å². The predicted octanol–water partition coefficient (Wildman–Crippen LogP) is 0.420. The minimum Gasteiger partial charge on any atom is -0.467 e. The molecule has 96 valence electrons. The van der Waals surface area contributed by atoms with Crippen LogP contribution in [0.25, 0.3) is 0 Å². The molecule has 0 spiro atoms. The summed E-state index contributed by atoms with van der Waals surface area (Å²) in [6.45, 7) is 0. The van der Waals surface area contributed by atoms with Gasteiger partial charge in [-0.15, -0.1) is 0 Å². The first kappa shape index (κ1) is 12.4. The quantitative estimate of drug-likeness (QED) is 0.674. The van der Waals surface area contributed by atoms with Crippen molar-refractivity contribution in [2.45, 2.75) is 56.7 Å². The monoisotopic (exact) mass is 240 g/mol. The number of fused-ring (bicyclic) bond motifs is 1. The Hall–Kier alpha value is -1.10. The van der Waals surface area contributed by atoms with Crippen LogP contribution >= 0.6 is 0 Å². The predicted molar refractivity (Wildman–Crippen MR) is 62.1 cm³/mol. The molecular formula is C12H20N2O3. The highest BCUT2D eigenvalue weighted by Crippen LogP contribution is 2.30. The number of hydrogen-bond acceptors (Lipinski definition) is 4. The molecule has 2 N–H and O–H groups in total. The van der Waals surface area contributed by atoms with Crippen molar-refractivity contribution in [1.29, 1.82) is 0 Å². The van der Waals surface area contributed by atoms with E-state index in [1.807, 2.05) is 0 Å². The van der Waals surface area contributed by atoms with E-state index < -0.39 is 12.1 Å². The number of esters is 1. The van der Waals surface area contributed by atoms with Gasteiger partial charge in [-0.25, -0.2) is 4.79 Å². The molecule has 5 nitrogen and oxygen atoms in total. The molecule has 17 heavy (non-hydrogen) atoms. The molecule has 2 heterocycles. The van der Waals surface area contributed by atoms with Gasteiger partial charge < -0.3 is 15.4 Å². The molecule has 0 aromatic heterocycles. The Bertz CT molecular complexity index is 319. The van der Waals surface area contributed by atoms with Crippen molar-refractivity contribution in [3.63, 3.8) is 0 Å². The Balaban J connectivity index is 2.23. The summed E-state index contributed by atoms with van der Waals surface area (Å²) in [5, 5.41) is 0. The van der Waals surface area contributed by atoms with E-state index in [1.54, 1.807) is 4.90 Å². The molecular weight excluding hydrogens is 220 g/mol. The van der Waals surface area contributed by atoms with Gasteiger partial charge in [0.1, 0.15) is 6.04 Å². The van der Waals surface area contributed by atoms with E-state index in [0.717, 1.165) is 32.1 Å². The second-order valence-corrected chi connectivity index (χ2v) is 4.91. The molecule has 2 fully saturated rings. The van der Waals surface area contributed by atoms with Gasteiger partial charge in [0.15, 0.2) is 0 Å². The zero-order chi connectivity index (χ0) is 12.4. The van der Waals surface area contributed by atoms with Crippen LogP contribution in [0.2, 0.25) is 0 Å². The van der Waals surface area contributed by atoms with Crippen LogP contribution in [0, 0.1) is 0 Å². The molecule has 0 bridgehead atoms. The molecule has 0 unspecified atom stereocenters. The Morgan fingerprint density at radius 2 is 1.94 bits per heavy atom. The summed E-state index contributed by atoms with van der Waals surface area (Å²) in [6, 6.07) is -0.699. The standard InChI is InChI=1S/C12H20N2O3/c1-17-12(16)10-7-3-5-8-4-2-6-9(13)11(15)14(8)10/h8-10H,2-7,13H2,1H3/t8-,9-,10-/m0/s1. The third-order valence-corrected chi connectivity index (χ3v) is 3.84. The second kappa shape index (κ2) is 5.04. The van der Waals surface area contributed by atoms with E-state index >= 15 is 0 Å². The summed E-state index contributed by atoms with van der Waals surface area (Å²) >= 11 is 0. The average molecular weight is 240 g/mol. The number of piperidine rings is 1. The summed E-state index contributed by atoms with van der Waals surface area (Å²) in [6.07, 6.45) is 5.28. The Morgan fingerprint density at radius 1 is 1.29 bits per heavy atom. The molecule has 0 saturated carbocycles. The minimum atomic E-state index is -0.453. The smallest absolute Gasteiger partial charge is 0.328 e. The lowest BCUT2D eigenvalue weighted by atomic mass is 9.93.